The number of rotatable bonds is 4. The molecule has 0 saturated heterocycles. The molecule has 60 heavy (non-hydrogen) atoms. The minimum Gasteiger partial charge on any atom is -0.307 e. The second-order valence-electron chi connectivity index (χ2n) is 15.6. The summed E-state index contributed by atoms with van der Waals surface area (Å²) < 4.78 is 5.04. The maximum atomic E-state index is 4.99. The highest BCUT2D eigenvalue weighted by atomic mass is 15.0. The summed E-state index contributed by atoms with van der Waals surface area (Å²) in [5.41, 5.74) is 12.3. The first kappa shape index (κ1) is 32.9. The third-order valence-corrected chi connectivity index (χ3v) is 12.3. The first-order valence-corrected chi connectivity index (χ1v) is 20.4. The number of hydrogen-bond acceptors (Lipinski definition) is 3. The average molecular weight is 764 g/mol. The van der Waals surface area contributed by atoms with Crippen molar-refractivity contribution in [2.45, 2.75) is 0 Å². The van der Waals surface area contributed by atoms with E-state index >= 15 is 0 Å². The quantitative estimate of drug-likeness (QED) is 0.179. The third kappa shape index (κ3) is 4.77. The second-order valence-corrected chi connectivity index (χ2v) is 15.6. The Morgan fingerprint density at radius 2 is 0.717 bits per heavy atom. The van der Waals surface area contributed by atoms with Crippen LogP contribution in [0.2, 0.25) is 0 Å². The lowest BCUT2D eigenvalue weighted by atomic mass is 10.00. The number of nitrogens with zero attached hydrogens (tertiary/aromatic N) is 5. The van der Waals surface area contributed by atoms with Gasteiger partial charge in [-0.05, 0) is 52.2 Å². The Labute approximate surface area is 344 Å². The van der Waals surface area contributed by atoms with Gasteiger partial charge in [-0.2, -0.15) is 0 Å². The summed E-state index contributed by atoms with van der Waals surface area (Å²) in [7, 11) is 0. The van der Waals surface area contributed by atoms with Gasteiger partial charge in [0.15, 0.2) is 17.5 Å². The van der Waals surface area contributed by atoms with Gasteiger partial charge in [-0.1, -0.05) is 170 Å². The van der Waals surface area contributed by atoms with E-state index in [1.54, 1.807) is 0 Å². The number of fused-ring (bicyclic) bond motifs is 13. The van der Waals surface area contributed by atoms with Crippen LogP contribution in [0, 0.1) is 0 Å². The van der Waals surface area contributed by atoms with Crippen LogP contribution >= 0.6 is 0 Å². The fraction of sp³-hybridized carbons (Fsp3) is 0. The van der Waals surface area contributed by atoms with Gasteiger partial charge < -0.3 is 8.80 Å². The van der Waals surface area contributed by atoms with Crippen LogP contribution in [0.4, 0.5) is 0 Å². The van der Waals surface area contributed by atoms with Crippen LogP contribution in [-0.4, -0.2) is 23.8 Å². The smallest absolute Gasteiger partial charge is 0.164 e. The zero-order chi connectivity index (χ0) is 39.3. The fourth-order valence-corrected chi connectivity index (χ4v) is 9.59. The van der Waals surface area contributed by atoms with E-state index in [-0.39, 0.29) is 0 Å². The topological polar surface area (TPSA) is 47.5 Å². The number of para-hydroxylation sites is 2. The van der Waals surface area contributed by atoms with E-state index in [2.05, 4.69) is 148 Å². The Balaban J connectivity index is 1.07. The Morgan fingerprint density at radius 1 is 0.267 bits per heavy atom. The first-order valence-electron chi connectivity index (χ1n) is 20.4. The van der Waals surface area contributed by atoms with Crippen molar-refractivity contribution in [3.8, 4) is 45.3 Å². The highest BCUT2D eigenvalue weighted by molar-refractivity contribution is 6.29. The molecule has 0 N–H and O–H groups in total. The van der Waals surface area contributed by atoms with Crippen LogP contribution in [0.25, 0.3) is 121 Å². The molecule has 0 aliphatic heterocycles. The van der Waals surface area contributed by atoms with Crippen molar-refractivity contribution < 1.29 is 0 Å². The maximum absolute atomic E-state index is 4.99. The number of aromatic nitrogens is 5. The van der Waals surface area contributed by atoms with E-state index in [4.69, 9.17) is 15.0 Å². The molecule has 13 rings (SSSR count). The lowest BCUT2D eigenvalue weighted by Crippen LogP contribution is -2.00. The summed E-state index contributed by atoms with van der Waals surface area (Å²) in [5.74, 6) is 1.94. The Morgan fingerprint density at radius 3 is 1.38 bits per heavy atom. The summed E-state index contributed by atoms with van der Waals surface area (Å²) in [6, 6.07) is 71.6. The van der Waals surface area contributed by atoms with Gasteiger partial charge in [-0.25, -0.2) is 15.0 Å². The summed E-state index contributed by atoms with van der Waals surface area (Å²) in [5, 5.41) is 9.92. The molecule has 0 radical (unpaired) electrons. The van der Waals surface area contributed by atoms with Gasteiger partial charge in [0.05, 0.1) is 33.1 Å². The van der Waals surface area contributed by atoms with Gasteiger partial charge in [0.25, 0.3) is 0 Å². The van der Waals surface area contributed by atoms with Crippen molar-refractivity contribution in [1.82, 2.24) is 23.8 Å². The predicted octanol–water partition coefficient (Wildman–Crippen LogP) is 14.0. The maximum Gasteiger partial charge on any atom is 0.164 e. The minimum absolute atomic E-state index is 0.640. The molecular weight excluding hydrogens is 731 g/mol. The predicted molar refractivity (Wildman–Crippen MR) is 249 cm³/mol. The zero-order valence-corrected chi connectivity index (χ0v) is 32.3. The van der Waals surface area contributed by atoms with Crippen molar-refractivity contribution in [2.24, 2.45) is 0 Å². The average Bonchev–Trinajstić information content (AvgIpc) is 3.84. The van der Waals surface area contributed by atoms with Gasteiger partial charge in [-0.3, -0.25) is 0 Å². The van der Waals surface area contributed by atoms with Gasteiger partial charge >= 0.3 is 0 Å². The summed E-state index contributed by atoms with van der Waals surface area (Å²) in [6.45, 7) is 0. The van der Waals surface area contributed by atoms with E-state index < -0.39 is 0 Å². The van der Waals surface area contributed by atoms with Crippen LogP contribution in [0.1, 0.15) is 0 Å². The Kier molecular flexibility index (Phi) is 6.95. The monoisotopic (exact) mass is 763 g/mol. The molecule has 0 spiro atoms. The molecule has 278 valence electrons. The van der Waals surface area contributed by atoms with Crippen LogP contribution in [0.15, 0.2) is 200 Å². The lowest BCUT2D eigenvalue weighted by Gasteiger charge is -2.13. The molecule has 9 aromatic carbocycles. The summed E-state index contributed by atoms with van der Waals surface area (Å²) in [4.78, 5) is 14.9. The molecule has 4 aromatic heterocycles. The van der Waals surface area contributed by atoms with E-state index in [0.29, 0.717) is 17.5 Å². The van der Waals surface area contributed by atoms with E-state index in [9.17, 15) is 0 Å². The molecule has 5 nitrogen and oxygen atoms in total. The van der Waals surface area contributed by atoms with Crippen molar-refractivity contribution in [3.63, 3.8) is 0 Å². The molecule has 0 saturated carbocycles. The van der Waals surface area contributed by atoms with Gasteiger partial charge in [0.1, 0.15) is 0 Å². The number of hydrogen-bond donors (Lipinski definition) is 0. The molecular formula is C55H33N5. The minimum atomic E-state index is 0.640. The number of benzene rings is 9. The third-order valence-electron chi connectivity index (χ3n) is 12.3. The van der Waals surface area contributed by atoms with Crippen molar-refractivity contribution >= 4 is 76.2 Å². The molecule has 5 heteroatoms. The van der Waals surface area contributed by atoms with Crippen LogP contribution in [0.3, 0.4) is 0 Å². The lowest BCUT2D eigenvalue weighted by molar-refractivity contribution is 1.07. The van der Waals surface area contributed by atoms with Gasteiger partial charge in [0, 0.05) is 49.0 Å². The molecule has 13 aromatic rings. The Bertz CT molecular complexity index is 3810. The Hall–Kier alpha value is -8.15. The van der Waals surface area contributed by atoms with Crippen molar-refractivity contribution in [3.05, 3.63) is 200 Å². The highest BCUT2D eigenvalue weighted by Gasteiger charge is 2.22. The van der Waals surface area contributed by atoms with Crippen LogP contribution in [0.5, 0.6) is 0 Å². The largest absolute Gasteiger partial charge is 0.307 e. The van der Waals surface area contributed by atoms with E-state index in [1.807, 2.05) is 60.7 Å². The van der Waals surface area contributed by atoms with Crippen molar-refractivity contribution in [2.75, 3.05) is 0 Å². The van der Waals surface area contributed by atoms with Crippen LogP contribution < -0.4 is 0 Å². The summed E-state index contributed by atoms with van der Waals surface area (Å²) >= 11 is 0. The van der Waals surface area contributed by atoms with Gasteiger partial charge in [-0.15, -0.1) is 0 Å². The molecule has 4 heterocycles. The first-order chi connectivity index (χ1) is 29.8. The molecule has 0 aliphatic carbocycles. The van der Waals surface area contributed by atoms with Gasteiger partial charge in [0.2, 0.25) is 0 Å². The standard InChI is InChI=1S/C55H33N5/c1-3-14-36(15-4-1)53-56-54(37-16-5-2-6-17-37)58-55(57-53)38-25-23-34(24-26-38)39-28-31-48-45(33-39)42-20-10-12-22-47(42)59-46-21-11-9-19-41(46)43-29-30-44-50-40-18-8-7-13-35(40)27-32-49(50)60(48)52(44)51(43)59/h1-33H. The van der Waals surface area contributed by atoms with E-state index in [1.165, 1.54) is 70.7 Å². The van der Waals surface area contributed by atoms with Crippen molar-refractivity contribution in [1.29, 1.82) is 0 Å². The molecule has 0 atom stereocenters. The SMILES string of the molecule is c1ccc(-c2nc(-c3ccccc3)nc(-c3ccc(-c4ccc5c(c4)c4ccccc4n4c6ccccc6c6ccc7c8c9ccccc9ccc8n5c7c64)cc3)n2)cc1. The molecule has 0 unspecified atom stereocenters. The fourth-order valence-electron chi connectivity index (χ4n) is 9.59. The highest BCUT2D eigenvalue weighted by Crippen LogP contribution is 2.44. The molecule has 0 fully saturated rings. The van der Waals surface area contributed by atoms with E-state index in [0.717, 1.165) is 33.3 Å². The van der Waals surface area contributed by atoms with Crippen LogP contribution in [-0.2, 0) is 0 Å². The normalized spacial score (nSPS) is 12.0. The summed E-state index contributed by atoms with van der Waals surface area (Å²) in [6.07, 6.45) is 0. The molecule has 0 aliphatic rings. The molecule has 0 bridgehead atoms. The zero-order valence-electron chi connectivity index (χ0n) is 32.3. The second kappa shape index (κ2) is 12.7. The molecule has 0 amide bonds.